The molecule has 1 aromatic heterocycles. The number of benzene rings is 1. The number of sulfone groups is 1. The first-order chi connectivity index (χ1) is 11.7. The van der Waals surface area contributed by atoms with Crippen molar-refractivity contribution in [2.24, 2.45) is 5.92 Å². The highest BCUT2D eigenvalue weighted by molar-refractivity contribution is 7.90. The highest BCUT2D eigenvalue weighted by Gasteiger charge is 2.25. The van der Waals surface area contributed by atoms with Crippen LogP contribution in [0.4, 0.5) is 5.69 Å². The molecule has 1 aromatic carbocycles. The van der Waals surface area contributed by atoms with Crippen LogP contribution in [0.5, 0.6) is 0 Å². The Kier molecular flexibility index (Phi) is 5.63. The lowest BCUT2D eigenvalue weighted by atomic mass is 10.0. The molecule has 0 saturated carbocycles. The van der Waals surface area contributed by atoms with Gasteiger partial charge in [0, 0.05) is 11.9 Å². The molecule has 7 nitrogen and oxygen atoms in total. The van der Waals surface area contributed by atoms with Crippen LogP contribution in [0.3, 0.4) is 0 Å². The highest BCUT2D eigenvalue weighted by Crippen LogP contribution is 2.16. The summed E-state index contributed by atoms with van der Waals surface area (Å²) in [6.45, 7) is 3.58. The van der Waals surface area contributed by atoms with E-state index in [1.807, 2.05) is 0 Å². The molecule has 2 rings (SSSR count). The number of carbonyl (C=O) groups excluding carboxylic acids is 2. The third-order valence-corrected chi connectivity index (χ3v) is 4.62. The molecule has 0 radical (unpaired) electrons. The molecular weight excluding hydrogens is 344 g/mol. The van der Waals surface area contributed by atoms with Gasteiger partial charge >= 0.3 is 0 Å². The molecule has 1 unspecified atom stereocenters. The van der Waals surface area contributed by atoms with Gasteiger partial charge in [0.05, 0.1) is 11.2 Å². The van der Waals surface area contributed by atoms with E-state index in [0.717, 1.165) is 6.26 Å². The van der Waals surface area contributed by atoms with E-state index >= 15 is 0 Å². The Morgan fingerprint density at radius 2 is 1.84 bits per heavy atom. The summed E-state index contributed by atoms with van der Waals surface area (Å²) >= 11 is 0. The van der Waals surface area contributed by atoms with Gasteiger partial charge in [-0.1, -0.05) is 19.9 Å². The van der Waals surface area contributed by atoms with Crippen LogP contribution in [0.2, 0.25) is 0 Å². The number of rotatable bonds is 6. The van der Waals surface area contributed by atoms with E-state index in [1.54, 1.807) is 26.0 Å². The second-order valence-electron chi connectivity index (χ2n) is 5.96. The fourth-order valence-electron chi connectivity index (χ4n) is 2.18. The molecule has 25 heavy (non-hydrogen) atoms. The van der Waals surface area contributed by atoms with Gasteiger partial charge in [0.1, 0.15) is 6.04 Å². The van der Waals surface area contributed by atoms with Crippen LogP contribution < -0.4 is 10.6 Å². The predicted octanol–water partition coefficient (Wildman–Crippen LogP) is 2.08. The summed E-state index contributed by atoms with van der Waals surface area (Å²) in [5.41, 5.74) is 0.339. The van der Waals surface area contributed by atoms with Crippen LogP contribution in [0.25, 0.3) is 0 Å². The van der Waals surface area contributed by atoms with Gasteiger partial charge in [-0.05, 0) is 36.2 Å². The van der Waals surface area contributed by atoms with Gasteiger partial charge in [-0.2, -0.15) is 0 Å². The predicted molar refractivity (Wildman–Crippen MR) is 93.0 cm³/mol. The largest absolute Gasteiger partial charge is 0.459 e. The van der Waals surface area contributed by atoms with Crippen LogP contribution in [-0.4, -0.2) is 32.5 Å². The fraction of sp³-hybridized carbons (Fsp3) is 0.294. The Morgan fingerprint density at radius 1 is 1.12 bits per heavy atom. The molecule has 0 fully saturated rings. The number of anilines is 1. The molecule has 1 atom stereocenters. The summed E-state index contributed by atoms with van der Waals surface area (Å²) in [5, 5.41) is 5.26. The molecule has 0 aliphatic carbocycles. The van der Waals surface area contributed by atoms with Crippen molar-refractivity contribution < 1.29 is 22.4 Å². The fourth-order valence-corrected chi connectivity index (χ4v) is 2.85. The van der Waals surface area contributed by atoms with Crippen molar-refractivity contribution in [1.82, 2.24) is 5.32 Å². The van der Waals surface area contributed by atoms with Gasteiger partial charge in [-0.3, -0.25) is 9.59 Å². The molecule has 0 aliphatic heterocycles. The van der Waals surface area contributed by atoms with E-state index in [9.17, 15) is 18.0 Å². The van der Waals surface area contributed by atoms with Crippen LogP contribution >= 0.6 is 0 Å². The molecule has 2 amide bonds. The molecule has 0 aliphatic rings. The maximum Gasteiger partial charge on any atom is 0.287 e. The zero-order valence-electron chi connectivity index (χ0n) is 14.1. The maximum absolute atomic E-state index is 12.5. The van der Waals surface area contributed by atoms with Crippen LogP contribution in [0.15, 0.2) is 52.0 Å². The molecular formula is C17H20N2O5S. The van der Waals surface area contributed by atoms with Gasteiger partial charge in [0.2, 0.25) is 5.91 Å². The number of furan rings is 1. The zero-order valence-corrected chi connectivity index (χ0v) is 15.0. The SMILES string of the molecule is CC(C)C(NC(=O)c1ccco1)C(=O)Nc1cccc(S(C)(=O)=O)c1. The first-order valence-corrected chi connectivity index (χ1v) is 9.53. The summed E-state index contributed by atoms with van der Waals surface area (Å²) in [6.07, 6.45) is 2.46. The molecule has 8 heteroatoms. The van der Waals surface area contributed by atoms with Crippen LogP contribution in [0.1, 0.15) is 24.4 Å². The van der Waals surface area contributed by atoms with E-state index in [2.05, 4.69) is 10.6 Å². The number of nitrogens with one attached hydrogen (secondary N) is 2. The molecule has 0 spiro atoms. The molecule has 2 aromatic rings. The summed E-state index contributed by atoms with van der Waals surface area (Å²) in [7, 11) is -3.38. The van der Waals surface area contributed by atoms with Crippen molar-refractivity contribution in [1.29, 1.82) is 0 Å². The Balaban J connectivity index is 2.14. The first-order valence-electron chi connectivity index (χ1n) is 7.64. The maximum atomic E-state index is 12.5. The van der Waals surface area contributed by atoms with Crippen molar-refractivity contribution >= 4 is 27.3 Å². The average molecular weight is 364 g/mol. The minimum absolute atomic E-state index is 0.103. The van der Waals surface area contributed by atoms with Crippen molar-refractivity contribution in [3.8, 4) is 0 Å². The highest BCUT2D eigenvalue weighted by atomic mass is 32.2. The van der Waals surface area contributed by atoms with Gasteiger partial charge in [0.15, 0.2) is 15.6 Å². The lowest BCUT2D eigenvalue weighted by molar-refractivity contribution is -0.118. The van der Waals surface area contributed by atoms with E-state index in [1.165, 1.54) is 30.5 Å². The second-order valence-corrected chi connectivity index (χ2v) is 7.98. The third-order valence-electron chi connectivity index (χ3n) is 3.51. The van der Waals surface area contributed by atoms with E-state index in [4.69, 9.17) is 4.42 Å². The standard InChI is InChI=1S/C17H20N2O5S/c1-11(2)15(19-16(20)14-8-5-9-24-14)17(21)18-12-6-4-7-13(10-12)25(3,22)23/h4-11,15H,1-3H3,(H,18,21)(H,19,20). The van der Waals surface area contributed by atoms with Gasteiger partial charge in [-0.15, -0.1) is 0 Å². The lowest BCUT2D eigenvalue weighted by Gasteiger charge is -2.21. The van der Waals surface area contributed by atoms with E-state index in [-0.39, 0.29) is 16.6 Å². The smallest absolute Gasteiger partial charge is 0.287 e. The van der Waals surface area contributed by atoms with Crippen molar-refractivity contribution in [3.05, 3.63) is 48.4 Å². The molecule has 0 bridgehead atoms. The van der Waals surface area contributed by atoms with Crippen LogP contribution in [0, 0.1) is 5.92 Å². The first kappa shape index (κ1) is 18.7. The van der Waals surface area contributed by atoms with Crippen molar-refractivity contribution in [3.63, 3.8) is 0 Å². The summed E-state index contributed by atoms with van der Waals surface area (Å²) in [6, 6.07) is 8.22. The lowest BCUT2D eigenvalue weighted by Crippen LogP contribution is -2.47. The van der Waals surface area contributed by atoms with Crippen molar-refractivity contribution in [2.45, 2.75) is 24.8 Å². The topological polar surface area (TPSA) is 105 Å². The Labute approximate surface area is 146 Å². The van der Waals surface area contributed by atoms with E-state index < -0.39 is 27.7 Å². The number of hydrogen-bond acceptors (Lipinski definition) is 5. The Bertz CT molecular complexity index is 857. The minimum Gasteiger partial charge on any atom is -0.459 e. The monoisotopic (exact) mass is 364 g/mol. The molecule has 1 heterocycles. The quantitative estimate of drug-likeness (QED) is 0.816. The summed E-state index contributed by atoms with van der Waals surface area (Å²) < 4.78 is 28.2. The van der Waals surface area contributed by atoms with Crippen molar-refractivity contribution in [2.75, 3.05) is 11.6 Å². The Hall–Kier alpha value is -2.61. The molecule has 0 saturated heterocycles. The average Bonchev–Trinajstić information content (AvgIpc) is 3.06. The zero-order chi connectivity index (χ0) is 18.6. The summed E-state index contributed by atoms with van der Waals surface area (Å²) in [5.74, 6) is -1.01. The van der Waals surface area contributed by atoms with Gasteiger partial charge in [-0.25, -0.2) is 8.42 Å². The molecule has 134 valence electrons. The molecule has 2 N–H and O–H groups in total. The summed E-state index contributed by atoms with van der Waals surface area (Å²) in [4.78, 5) is 24.7. The van der Waals surface area contributed by atoms with Gasteiger partial charge in [0.25, 0.3) is 5.91 Å². The normalized spacial score (nSPS) is 12.6. The number of hydrogen-bond donors (Lipinski definition) is 2. The van der Waals surface area contributed by atoms with Crippen LogP contribution in [-0.2, 0) is 14.6 Å². The third kappa shape index (κ3) is 4.93. The van der Waals surface area contributed by atoms with E-state index in [0.29, 0.717) is 5.69 Å². The minimum atomic E-state index is -3.38. The van der Waals surface area contributed by atoms with Gasteiger partial charge < -0.3 is 15.1 Å². The second kappa shape index (κ2) is 7.52. The number of carbonyl (C=O) groups is 2. The number of amides is 2. The Morgan fingerprint density at radius 3 is 2.40 bits per heavy atom.